The van der Waals surface area contributed by atoms with Gasteiger partial charge in [-0.1, -0.05) is 0 Å². The lowest BCUT2D eigenvalue weighted by Gasteiger charge is -2.39. The molecule has 2 aromatic rings. The van der Waals surface area contributed by atoms with Crippen LogP contribution < -0.4 is 10.5 Å². The minimum Gasteiger partial charge on any atom is -0.478 e. The molecule has 2 aromatic heterocycles. The van der Waals surface area contributed by atoms with Gasteiger partial charge in [-0.25, -0.2) is 9.37 Å². The summed E-state index contributed by atoms with van der Waals surface area (Å²) in [7, 11) is 0. The number of primary amides is 1. The molecule has 0 bridgehead atoms. The molecule has 2 amide bonds. The third-order valence-corrected chi connectivity index (χ3v) is 5.58. The summed E-state index contributed by atoms with van der Waals surface area (Å²) in [5.74, 6) is -0.943. The number of nitrogens with two attached hydrogens (primary N) is 1. The first-order valence-corrected chi connectivity index (χ1v) is 9.39. The third kappa shape index (κ3) is 3.21. The highest BCUT2D eigenvalue weighted by Crippen LogP contribution is 2.50. The molecule has 1 saturated heterocycles. The Balaban J connectivity index is 1.56. The fourth-order valence-corrected chi connectivity index (χ4v) is 3.93. The Morgan fingerprint density at radius 2 is 2.21 bits per heavy atom. The molecule has 0 radical (unpaired) electrons. The molecule has 1 unspecified atom stereocenters. The maximum Gasteiger partial charge on any atom is 0.272 e. The van der Waals surface area contributed by atoms with Crippen molar-refractivity contribution in [3.63, 3.8) is 0 Å². The smallest absolute Gasteiger partial charge is 0.272 e. The van der Waals surface area contributed by atoms with Crippen LogP contribution in [0.1, 0.15) is 43.1 Å². The highest BCUT2D eigenvalue weighted by molar-refractivity contribution is 5.94. The van der Waals surface area contributed by atoms with Crippen molar-refractivity contribution in [1.82, 2.24) is 20.1 Å². The number of hydrogen-bond acceptors (Lipinski definition) is 5. The van der Waals surface area contributed by atoms with Gasteiger partial charge < -0.3 is 15.4 Å². The van der Waals surface area contributed by atoms with E-state index in [0.29, 0.717) is 37.6 Å². The molecule has 1 saturated carbocycles. The van der Waals surface area contributed by atoms with Crippen molar-refractivity contribution in [2.45, 2.75) is 38.1 Å². The Morgan fingerprint density at radius 1 is 1.43 bits per heavy atom. The van der Waals surface area contributed by atoms with E-state index in [9.17, 15) is 14.0 Å². The van der Waals surface area contributed by atoms with Crippen LogP contribution in [0.3, 0.4) is 0 Å². The van der Waals surface area contributed by atoms with Gasteiger partial charge in [-0.3, -0.25) is 14.7 Å². The number of halogens is 1. The number of hydrogen-bond donors (Lipinski definition) is 2. The molecular weight excluding hydrogens is 365 g/mol. The van der Waals surface area contributed by atoms with Gasteiger partial charge in [0, 0.05) is 29.6 Å². The number of aromatic nitrogens is 3. The fraction of sp³-hybridized carbons (Fsp3) is 0.474. The molecule has 1 aliphatic carbocycles. The van der Waals surface area contributed by atoms with Gasteiger partial charge in [0.1, 0.15) is 5.69 Å². The van der Waals surface area contributed by atoms with Crippen LogP contribution in [-0.2, 0) is 4.79 Å². The lowest BCUT2D eigenvalue weighted by molar-refractivity contribution is -0.123. The van der Waals surface area contributed by atoms with E-state index in [-0.39, 0.29) is 34.5 Å². The largest absolute Gasteiger partial charge is 0.478 e. The van der Waals surface area contributed by atoms with Crippen molar-refractivity contribution >= 4 is 11.8 Å². The molecule has 4 rings (SSSR count). The monoisotopic (exact) mass is 387 g/mol. The SMILES string of the molecule is CCOc1cc(-c2cc(C(=O)N3CCC(C(N)=O)CC34CC4)[nH]n2)c(F)cn1. The lowest BCUT2D eigenvalue weighted by atomic mass is 9.88. The normalized spacial score (nSPS) is 20.2. The van der Waals surface area contributed by atoms with E-state index in [2.05, 4.69) is 15.2 Å². The molecule has 1 spiro atoms. The summed E-state index contributed by atoms with van der Waals surface area (Å²) in [6.45, 7) is 2.69. The zero-order valence-electron chi connectivity index (χ0n) is 15.6. The van der Waals surface area contributed by atoms with Crippen LogP contribution in [0.2, 0.25) is 0 Å². The zero-order chi connectivity index (χ0) is 19.9. The second-order valence-corrected chi connectivity index (χ2v) is 7.38. The maximum atomic E-state index is 14.2. The first-order valence-electron chi connectivity index (χ1n) is 9.39. The van der Waals surface area contributed by atoms with Gasteiger partial charge >= 0.3 is 0 Å². The highest BCUT2D eigenvalue weighted by atomic mass is 19.1. The minimum atomic E-state index is -0.546. The Morgan fingerprint density at radius 3 is 2.89 bits per heavy atom. The van der Waals surface area contributed by atoms with E-state index in [1.807, 2.05) is 6.92 Å². The lowest BCUT2D eigenvalue weighted by Crippen LogP contribution is -2.50. The molecule has 9 heteroatoms. The summed E-state index contributed by atoms with van der Waals surface area (Å²) in [6, 6.07) is 3.00. The number of ether oxygens (including phenoxy) is 1. The number of carbonyl (C=O) groups is 2. The number of amides is 2. The van der Waals surface area contributed by atoms with E-state index >= 15 is 0 Å². The summed E-state index contributed by atoms with van der Waals surface area (Å²) >= 11 is 0. The van der Waals surface area contributed by atoms with Crippen LogP contribution in [0.4, 0.5) is 4.39 Å². The van der Waals surface area contributed by atoms with Crippen molar-refractivity contribution < 1.29 is 18.7 Å². The molecule has 1 aliphatic heterocycles. The molecule has 2 fully saturated rings. The molecule has 3 N–H and O–H groups in total. The number of aromatic amines is 1. The maximum absolute atomic E-state index is 14.2. The first-order chi connectivity index (χ1) is 13.4. The van der Waals surface area contributed by atoms with E-state index in [1.165, 1.54) is 12.1 Å². The Kier molecular flexibility index (Phi) is 4.52. The van der Waals surface area contributed by atoms with E-state index < -0.39 is 5.82 Å². The second kappa shape index (κ2) is 6.88. The van der Waals surface area contributed by atoms with Gasteiger partial charge in [-0.05, 0) is 38.7 Å². The van der Waals surface area contributed by atoms with Crippen molar-refractivity contribution in [3.05, 3.63) is 29.8 Å². The van der Waals surface area contributed by atoms with Crippen LogP contribution in [0.25, 0.3) is 11.3 Å². The van der Waals surface area contributed by atoms with Gasteiger partial charge in [0.15, 0.2) is 5.82 Å². The zero-order valence-corrected chi connectivity index (χ0v) is 15.6. The molecule has 0 aromatic carbocycles. The van der Waals surface area contributed by atoms with Gasteiger partial charge in [0.2, 0.25) is 11.8 Å². The predicted molar refractivity (Wildman–Crippen MR) is 97.9 cm³/mol. The average Bonchev–Trinajstić information content (AvgIpc) is 3.25. The average molecular weight is 387 g/mol. The number of nitrogens with one attached hydrogen (secondary N) is 1. The molecule has 148 valence electrons. The highest BCUT2D eigenvalue weighted by Gasteiger charge is 2.54. The topological polar surface area (TPSA) is 114 Å². The van der Waals surface area contributed by atoms with Gasteiger partial charge in [-0.15, -0.1) is 0 Å². The summed E-state index contributed by atoms with van der Waals surface area (Å²) in [6.07, 6.45) is 3.96. The molecule has 1 atom stereocenters. The van der Waals surface area contributed by atoms with E-state index in [4.69, 9.17) is 10.5 Å². The number of H-pyrrole nitrogens is 1. The Bertz CT molecular complexity index is 924. The summed E-state index contributed by atoms with van der Waals surface area (Å²) in [4.78, 5) is 30.2. The minimum absolute atomic E-state index is 0.188. The summed E-state index contributed by atoms with van der Waals surface area (Å²) in [5.41, 5.74) is 5.97. The van der Waals surface area contributed by atoms with Crippen LogP contribution in [0.15, 0.2) is 18.3 Å². The van der Waals surface area contributed by atoms with Crippen molar-refractivity contribution in [3.8, 4) is 17.1 Å². The fourth-order valence-electron chi connectivity index (χ4n) is 3.93. The number of piperidine rings is 1. The second-order valence-electron chi connectivity index (χ2n) is 7.38. The third-order valence-electron chi connectivity index (χ3n) is 5.58. The molecule has 3 heterocycles. The Hall–Kier alpha value is -2.97. The molecule has 28 heavy (non-hydrogen) atoms. The molecule has 2 aliphatic rings. The summed E-state index contributed by atoms with van der Waals surface area (Å²) < 4.78 is 19.5. The van der Waals surface area contributed by atoms with Crippen LogP contribution in [0, 0.1) is 11.7 Å². The van der Waals surface area contributed by atoms with Gasteiger partial charge in [0.25, 0.3) is 5.91 Å². The number of likely N-dealkylation sites (tertiary alicyclic amines) is 1. The number of rotatable bonds is 5. The molecular formula is C19H22FN5O3. The van der Waals surface area contributed by atoms with Crippen molar-refractivity contribution in [1.29, 1.82) is 0 Å². The van der Waals surface area contributed by atoms with Crippen molar-refractivity contribution in [2.75, 3.05) is 13.2 Å². The van der Waals surface area contributed by atoms with E-state index in [1.54, 1.807) is 4.90 Å². The Labute approximate surface area is 161 Å². The molecule has 8 nitrogen and oxygen atoms in total. The van der Waals surface area contributed by atoms with Crippen LogP contribution in [-0.4, -0.2) is 50.6 Å². The summed E-state index contributed by atoms with van der Waals surface area (Å²) in [5, 5.41) is 6.82. The van der Waals surface area contributed by atoms with Crippen LogP contribution >= 0.6 is 0 Å². The number of pyridine rings is 1. The number of nitrogens with zero attached hydrogens (tertiary/aromatic N) is 3. The van der Waals surface area contributed by atoms with Crippen molar-refractivity contribution in [2.24, 2.45) is 11.7 Å². The first kappa shape index (κ1) is 18.4. The van der Waals surface area contributed by atoms with Crippen LogP contribution in [0.5, 0.6) is 5.88 Å². The quantitative estimate of drug-likeness (QED) is 0.813. The van der Waals surface area contributed by atoms with E-state index in [0.717, 1.165) is 19.0 Å². The predicted octanol–water partition coefficient (Wildman–Crippen LogP) is 1.88. The van der Waals surface area contributed by atoms with Gasteiger partial charge in [0.05, 0.1) is 18.5 Å². The standard InChI is InChI=1S/C19H22FN5O3/c1-2-28-16-7-12(13(20)10-22-16)14-8-15(24-23-14)18(27)25-6-3-11(17(21)26)9-19(25)4-5-19/h7-8,10-11H,2-6,9H2,1H3,(H2,21,26)(H,23,24). The van der Waals surface area contributed by atoms with Gasteiger partial charge in [-0.2, -0.15) is 5.10 Å². The number of carbonyl (C=O) groups excluding carboxylic acids is 2.